The van der Waals surface area contributed by atoms with E-state index in [-0.39, 0.29) is 0 Å². The van der Waals surface area contributed by atoms with E-state index in [9.17, 15) is 0 Å². The summed E-state index contributed by atoms with van der Waals surface area (Å²) in [7, 11) is 0. The molecule has 0 saturated heterocycles. The van der Waals surface area contributed by atoms with Crippen LogP contribution in [0.3, 0.4) is 0 Å². The van der Waals surface area contributed by atoms with Gasteiger partial charge in [-0.2, -0.15) is 0 Å². The Balaban J connectivity index is 1.48. The third-order valence-electron chi connectivity index (χ3n) is 5.54. The maximum absolute atomic E-state index is 5.76. The van der Waals surface area contributed by atoms with Crippen molar-refractivity contribution in [2.24, 2.45) is 34.8 Å². The molecule has 0 aromatic heterocycles. The lowest BCUT2D eigenvalue weighted by molar-refractivity contribution is -0.0814. The first-order chi connectivity index (χ1) is 7.21. The van der Waals surface area contributed by atoms with E-state index in [2.05, 4.69) is 6.92 Å². The van der Waals surface area contributed by atoms with E-state index in [0.29, 0.717) is 0 Å². The Bertz CT molecular complexity index is 234. The van der Waals surface area contributed by atoms with Crippen LogP contribution < -0.4 is 5.73 Å². The monoisotopic (exact) mass is 207 g/mol. The highest BCUT2D eigenvalue weighted by atomic mass is 14.6. The van der Waals surface area contributed by atoms with Crippen molar-refractivity contribution in [2.45, 2.75) is 51.9 Å². The minimum atomic E-state index is 0.852. The molecule has 0 heterocycles. The molecule has 3 aliphatic carbocycles. The van der Waals surface area contributed by atoms with E-state index >= 15 is 0 Å². The summed E-state index contributed by atoms with van der Waals surface area (Å²) in [6.45, 7) is 3.35. The van der Waals surface area contributed by atoms with Gasteiger partial charge in [0.05, 0.1) is 0 Å². The van der Waals surface area contributed by atoms with Gasteiger partial charge in [-0.1, -0.05) is 6.92 Å². The van der Waals surface area contributed by atoms with Crippen LogP contribution in [0.5, 0.6) is 0 Å². The lowest BCUT2D eigenvalue weighted by Gasteiger charge is -2.59. The van der Waals surface area contributed by atoms with Crippen LogP contribution in [0.15, 0.2) is 0 Å². The first-order valence-electron chi connectivity index (χ1n) is 6.91. The zero-order chi connectivity index (χ0) is 10.5. The maximum atomic E-state index is 5.76. The quantitative estimate of drug-likeness (QED) is 0.739. The maximum Gasteiger partial charge on any atom is -0.00488 e. The minimum Gasteiger partial charge on any atom is -0.330 e. The average Bonchev–Trinajstić information content (AvgIpc) is 2.56. The molecule has 15 heavy (non-hydrogen) atoms. The topological polar surface area (TPSA) is 26.0 Å². The van der Waals surface area contributed by atoms with Gasteiger partial charge in [0.25, 0.3) is 0 Å². The van der Waals surface area contributed by atoms with Crippen molar-refractivity contribution < 1.29 is 0 Å². The second-order valence-electron chi connectivity index (χ2n) is 6.86. The van der Waals surface area contributed by atoms with Crippen LogP contribution in [0, 0.1) is 29.1 Å². The van der Waals surface area contributed by atoms with Crippen molar-refractivity contribution in [3.63, 3.8) is 0 Å². The smallest absolute Gasteiger partial charge is 0.00488 e. The van der Waals surface area contributed by atoms with Gasteiger partial charge in [-0.05, 0) is 80.6 Å². The summed E-state index contributed by atoms with van der Waals surface area (Å²) in [6.07, 6.45) is 10.6. The van der Waals surface area contributed by atoms with Gasteiger partial charge < -0.3 is 5.73 Å². The molecule has 1 nitrogen and oxygen atoms in total. The predicted octanol–water partition coefficient (Wildman–Crippen LogP) is 3.19. The highest BCUT2D eigenvalue weighted by molar-refractivity contribution is 5.04. The van der Waals surface area contributed by atoms with Gasteiger partial charge in [0, 0.05) is 0 Å². The number of rotatable bonds is 2. The molecule has 2 atom stereocenters. The molecule has 1 heteroatoms. The summed E-state index contributed by atoms with van der Waals surface area (Å²) >= 11 is 0. The summed E-state index contributed by atoms with van der Waals surface area (Å²) in [5.74, 6) is 4.05. The zero-order valence-corrected chi connectivity index (χ0v) is 10.0. The second kappa shape index (κ2) is 3.48. The molecule has 0 radical (unpaired) electrons. The van der Waals surface area contributed by atoms with Gasteiger partial charge in [0.15, 0.2) is 0 Å². The minimum absolute atomic E-state index is 0.852. The standard InChI is InChI=1S/C14H25N/c1-10-5-14(6-10)7-13(8-14)12-3-2-11(4-12)9-15/h10-13H,2-9,15H2,1H3. The van der Waals surface area contributed by atoms with Crippen molar-refractivity contribution in [3.05, 3.63) is 0 Å². The Morgan fingerprint density at radius 2 is 1.80 bits per heavy atom. The Kier molecular flexibility index (Phi) is 2.35. The van der Waals surface area contributed by atoms with Crippen LogP contribution >= 0.6 is 0 Å². The summed E-state index contributed by atoms with van der Waals surface area (Å²) in [4.78, 5) is 0. The van der Waals surface area contributed by atoms with Gasteiger partial charge in [0.1, 0.15) is 0 Å². The molecular formula is C14H25N. The largest absolute Gasteiger partial charge is 0.330 e. The molecule has 3 saturated carbocycles. The fourth-order valence-electron chi connectivity index (χ4n) is 4.89. The van der Waals surface area contributed by atoms with E-state index in [1.165, 1.54) is 32.1 Å². The lowest BCUT2D eigenvalue weighted by atomic mass is 9.46. The van der Waals surface area contributed by atoms with Crippen LogP contribution in [0.25, 0.3) is 0 Å². The van der Waals surface area contributed by atoms with Crippen LogP contribution in [-0.2, 0) is 0 Å². The van der Waals surface area contributed by atoms with Gasteiger partial charge in [-0.25, -0.2) is 0 Å². The molecule has 2 unspecified atom stereocenters. The van der Waals surface area contributed by atoms with E-state index in [0.717, 1.165) is 35.6 Å². The molecule has 3 rings (SSSR count). The predicted molar refractivity (Wildman–Crippen MR) is 63.4 cm³/mol. The van der Waals surface area contributed by atoms with Gasteiger partial charge >= 0.3 is 0 Å². The Hall–Kier alpha value is -0.0400. The van der Waals surface area contributed by atoms with Gasteiger partial charge in [-0.15, -0.1) is 0 Å². The van der Waals surface area contributed by atoms with E-state index in [1.807, 2.05) is 0 Å². The fraction of sp³-hybridized carbons (Fsp3) is 1.00. The average molecular weight is 207 g/mol. The van der Waals surface area contributed by atoms with Crippen molar-refractivity contribution >= 4 is 0 Å². The highest BCUT2D eigenvalue weighted by Gasteiger charge is 2.53. The molecule has 3 aliphatic rings. The molecule has 0 aliphatic heterocycles. The summed E-state index contributed by atoms with van der Waals surface area (Å²) in [6, 6.07) is 0. The van der Waals surface area contributed by atoms with Crippen molar-refractivity contribution in [1.29, 1.82) is 0 Å². The molecule has 2 N–H and O–H groups in total. The molecule has 0 bridgehead atoms. The Labute approximate surface area is 93.8 Å². The highest BCUT2D eigenvalue weighted by Crippen LogP contribution is 2.64. The van der Waals surface area contributed by atoms with Crippen LogP contribution in [0.1, 0.15) is 51.9 Å². The first kappa shape index (κ1) is 10.1. The lowest BCUT2D eigenvalue weighted by Crippen LogP contribution is -2.48. The second-order valence-corrected chi connectivity index (χ2v) is 6.86. The first-order valence-corrected chi connectivity index (χ1v) is 6.91. The van der Waals surface area contributed by atoms with Gasteiger partial charge in [-0.3, -0.25) is 0 Å². The van der Waals surface area contributed by atoms with Gasteiger partial charge in [0.2, 0.25) is 0 Å². The SMILES string of the molecule is CC1CC2(C1)CC(C1CCC(CN)C1)C2. The van der Waals surface area contributed by atoms with Crippen LogP contribution in [0.4, 0.5) is 0 Å². The third kappa shape index (κ3) is 1.63. The number of hydrogen-bond acceptors (Lipinski definition) is 1. The van der Waals surface area contributed by atoms with Crippen molar-refractivity contribution in [2.75, 3.05) is 6.54 Å². The zero-order valence-electron chi connectivity index (χ0n) is 10.0. The third-order valence-corrected chi connectivity index (χ3v) is 5.54. The van der Waals surface area contributed by atoms with E-state index in [1.54, 1.807) is 12.8 Å². The molecule has 0 aromatic carbocycles. The van der Waals surface area contributed by atoms with Crippen molar-refractivity contribution in [1.82, 2.24) is 0 Å². The molecule has 86 valence electrons. The number of nitrogens with two attached hydrogens (primary N) is 1. The number of hydrogen-bond donors (Lipinski definition) is 1. The van der Waals surface area contributed by atoms with Crippen LogP contribution in [-0.4, -0.2) is 6.54 Å². The Morgan fingerprint density at radius 1 is 1.07 bits per heavy atom. The summed E-state index contributed by atoms with van der Waals surface area (Å²) < 4.78 is 0. The van der Waals surface area contributed by atoms with E-state index < -0.39 is 0 Å². The molecule has 0 amide bonds. The normalized spacial score (nSPS) is 54.0. The summed E-state index contributed by atoms with van der Waals surface area (Å²) in [5.41, 5.74) is 6.62. The Morgan fingerprint density at radius 3 is 2.33 bits per heavy atom. The summed E-state index contributed by atoms with van der Waals surface area (Å²) in [5, 5.41) is 0. The molecule has 1 spiro atoms. The van der Waals surface area contributed by atoms with E-state index in [4.69, 9.17) is 5.73 Å². The molecular weight excluding hydrogens is 182 g/mol. The van der Waals surface area contributed by atoms with Crippen molar-refractivity contribution in [3.8, 4) is 0 Å². The molecule has 0 aromatic rings. The fourth-order valence-corrected chi connectivity index (χ4v) is 4.89. The van der Waals surface area contributed by atoms with Crippen LogP contribution in [0.2, 0.25) is 0 Å². The molecule has 3 fully saturated rings.